The van der Waals surface area contributed by atoms with E-state index in [-0.39, 0.29) is 11.4 Å². The zero-order valence-corrected chi connectivity index (χ0v) is 11.4. The molecule has 0 radical (unpaired) electrons. The summed E-state index contributed by atoms with van der Waals surface area (Å²) in [6.07, 6.45) is -1.62. The monoisotopic (exact) mass is 296 g/mol. The Kier molecular flexibility index (Phi) is 4.35. The fourth-order valence-electron chi connectivity index (χ4n) is 1.83. The number of anilines is 1. The number of nitrogens with two attached hydrogens (primary N) is 1. The first-order chi connectivity index (χ1) is 9.90. The number of rotatable bonds is 4. The fourth-order valence-corrected chi connectivity index (χ4v) is 1.83. The van der Waals surface area contributed by atoms with E-state index in [9.17, 15) is 13.2 Å². The molecule has 0 aliphatic heterocycles. The second-order valence-corrected chi connectivity index (χ2v) is 4.60. The lowest BCUT2D eigenvalue weighted by molar-refractivity contribution is -0.141. The molecule has 0 bridgehead atoms. The zero-order chi connectivity index (χ0) is 15.5. The Bertz CT molecular complexity index is 609. The number of aromatic nitrogens is 1. The van der Waals surface area contributed by atoms with Crippen molar-refractivity contribution >= 4 is 5.69 Å². The standard InChI is InChI=1S/C15H15F3N2O/c1-2-3-10-4-6-11(7-5-10)21-13-8-14(15(16,17)18)20-9-12(13)19/h4-9H,2-3,19H2,1H3. The summed E-state index contributed by atoms with van der Waals surface area (Å²) in [6, 6.07) is 7.97. The second kappa shape index (κ2) is 6.03. The van der Waals surface area contributed by atoms with Crippen LogP contribution in [0.1, 0.15) is 24.6 Å². The van der Waals surface area contributed by atoms with Crippen LogP contribution in [0.5, 0.6) is 11.5 Å². The van der Waals surface area contributed by atoms with Gasteiger partial charge in [0.05, 0.1) is 11.9 Å². The van der Waals surface area contributed by atoms with Gasteiger partial charge in [-0.25, -0.2) is 4.98 Å². The van der Waals surface area contributed by atoms with E-state index in [1.165, 1.54) is 0 Å². The number of hydrogen-bond acceptors (Lipinski definition) is 3. The molecule has 0 saturated heterocycles. The summed E-state index contributed by atoms with van der Waals surface area (Å²) in [7, 11) is 0. The van der Waals surface area contributed by atoms with Gasteiger partial charge in [-0.15, -0.1) is 0 Å². The average molecular weight is 296 g/mol. The smallest absolute Gasteiger partial charge is 0.433 e. The summed E-state index contributed by atoms with van der Waals surface area (Å²) in [4.78, 5) is 3.26. The molecular weight excluding hydrogens is 281 g/mol. The van der Waals surface area contributed by atoms with Crippen molar-refractivity contribution in [3.8, 4) is 11.5 Å². The third-order valence-electron chi connectivity index (χ3n) is 2.88. The largest absolute Gasteiger partial charge is 0.455 e. The minimum atomic E-state index is -4.53. The van der Waals surface area contributed by atoms with E-state index in [4.69, 9.17) is 10.5 Å². The Morgan fingerprint density at radius 2 is 1.86 bits per heavy atom. The van der Waals surface area contributed by atoms with Gasteiger partial charge in [0.1, 0.15) is 11.4 Å². The number of pyridine rings is 1. The number of aryl methyl sites for hydroxylation is 1. The highest BCUT2D eigenvalue weighted by atomic mass is 19.4. The summed E-state index contributed by atoms with van der Waals surface area (Å²) in [5.41, 5.74) is 5.77. The van der Waals surface area contributed by atoms with Crippen molar-refractivity contribution in [2.75, 3.05) is 5.73 Å². The molecular formula is C15H15F3N2O. The molecule has 1 aromatic carbocycles. The van der Waals surface area contributed by atoms with Crippen molar-refractivity contribution in [3.63, 3.8) is 0 Å². The van der Waals surface area contributed by atoms with Gasteiger partial charge in [0.25, 0.3) is 0 Å². The summed E-state index contributed by atoms with van der Waals surface area (Å²) < 4.78 is 43.3. The molecule has 2 rings (SSSR count). The molecule has 21 heavy (non-hydrogen) atoms. The van der Waals surface area contributed by atoms with Crippen molar-refractivity contribution in [3.05, 3.63) is 47.8 Å². The molecule has 2 N–H and O–H groups in total. The molecule has 0 unspecified atom stereocenters. The van der Waals surface area contributed by atoms with Crippen LogP contribution in [-0.2, 0) is 12.6 Å². The Morgan fingerprint density at radius 3 is 2.43 bits per heavy atom. The van der Waals surface area contributed by atoms with E-state index in [2.05, 4.69) is 11.9 Å². The van der Waals surface area contributed by atoms with Crippen LogP contribution in [0.15, 0.2) is 36.5 Å². The van der Waals surface area contributed by atoms with Crippen molar-refractivity contribution in [2.45, 2.75) is 25.9 Å². The van der Waals surface area contributed by atoms with Crippen LogP contribution < -0.4 is 10.5 Å². The van der Waals surface area contributed by atoms with E-state index in [1.807, 2.05) is 12.1 Å². The van der Waals surface area contributed by atoms with Crippen LogP contribution in [-0.4, -0.2) is 4.98 Å². The molecule has 0 spiro atoms. The quantitative estimate of drug-likeness (QED) is 0.908. The van der Waals surface area contributed by atoms with Crippen molar-refractivity contribution < 1.29 is 17.9 Å². The van der Waals surface area contributed by atoms with E-state index in [0.717, 1.165) is 30.7 Å². The van der Waals surface area contributed by atoms with Crippen molar-refractivity contribution in [1.82, 2.24) is 4.98 Å². The minimum Gasteiger partial charge on any atom is -0.455 e. The first-order valence-electron chi connectivity index (χ1n) is 6.49. The number of benzene rings is 1. The zero-order valence-electron chi connectivity index (χ0n) is 11.4. The predicted molar refractivity (Wildman–Crippen MR) is 74.2 cm³/mol. The van der Waals surface area contributed by atoms with Gasteiger partial charge in [0.15, 0.2) is 5.75 Å². The van der Waals surface area contributed by atoms with Crippen LogP contribution >= 0.6 is 0 Å². The van der Waals surface area contributed by atoms with Crippen LogP contribution in [0.2, 0.25) is 0 Å². The highest BCUT2D eigenvalue weighted by Crippen LogP contribution is 2.34. The van der Waals surface area contributed by atoms with Gasteiger partial charge in [-0.1, -0.05) is 25.5 Å². The van der Waals surface area contributed by atoms with Crippen molar-refractivity contribution in [1.29, 1.82) is 0 Å². The van der Waals surface area contributed by atoms with Gasteiger partial charge < -0.3 is 10.5 Å². The predicted octanol–water partition coefficient (Wildman–Crippen LogP) is 4.43. The van der Waals surface area contributed by atoms with Gasteiger partial charge in [0.2, 0.25) is 0 Å². The summed E-state index contributed by atoms with van der Waals surface area (Å²) in [5.74, 6) is 0.376. The minimum absolute atomic E-state index is 0.0550. The first-order valence-corrected chi connectivity index (χ1v) is 6.49. The maximum atomic E-state index is 12.6. The molecule has 112 valence electrons. The van der Waals surface area contributed by atoms with Gasteiger partial charge in [-0.2, -0.15) is 13.2 Å². The topological polar surface area (TPSA) is 48.1 Å². The Morgan fingerprint density at radius 1 is 1.19 bits per heavy atom. The van der Waals surface area contributed by atoms with Crippen molar-refractivity contribution in [2.24, 2.45) is 0 Å². The van der Waals surface area contributed by atoms with Crippen LogP contribution in [0.3, 0.4) is 0 Å². The average Bonchev–Trinajstić information content (AvgIpc) is 2.42. The molecule has 0 aliphatic carbocycles. The van der Waals surface area contributed by atoms with Gasteiger partial charge in [0, 0.05) is 6.07 Å². The highest BCUT2D eigenvalue weighted by molar-refractivity contribution is 5.53. The molecule has 0 fully saturated rings. The van der Waals surface area contributed by atoms with E-state index in [1.54, 1.807) is 12.1 Å². The lowest BCUT2D eigenvalue weighted by Crippen LogP contribution is -2.08. The maximum Gasteiger partial charge on any atom is 0.433 e. The number of nitrogens with zero attached hydrogens (tertiary/aromatic N) is 1. The first kappa shape index (κ1) is 15.2. The summed E-state index contributed by atoms with van der Waals surface area (Å²) in [6.45, 7) is 2.07. The molecule has 6 heteroatoms. The molecule has 1 aromatic heterocycles. The maximum absolute atomic E-state index is 12.6. The molecule has 1 heterocycles. The van der Waals surface area contributed by atoms with Gasteiger partial charge >= 0.3 is 6.18 Å². The van der Waals surface area contributed by atoms with Gasteiger partial charge in [-0.3, -0.25) is 0 Å². The number of alkyl halides is 3. The SMILES string of the molecule is CCCc1ccc(Oc2cc(C(F)(F)F)ncc2N)cc1. The van der Waals surface area contributed by atoms with Crippen LogP contribution in [0, 0.1) is 0 Å². The van der Waals surface area contributed by atoms with E-state index >= 15 is 0 Å². The molecule has 0 aliphatic rings. The third kappa shape index (κ3) is 3.87. The van der Waals surface area contributed by atoms with Gasteiger partial charge in [-0.05, 0) is 24.1 Å². The molecule has 0 amide bonds. The number of ether oxygens (including phenoxy) is 1. The molecule has 0 atom stereocenters. The summed E-state index contributed by atoms with van der Waals surface area (Å²) in [5, 5.41) is 0. The van der Waals surface area contributed by atoms with Crippen LogP contribution in [0.4, 0.5) is 18.9 Å². The van der Waals surface area contributed by atoms with E-state index < -0.39 is 11.9 Å². The van der Waals surface area contributed by atoms with E-state index in [0.29, 0.717) is 5.75 Å². The fraction of sp³-hybridized carbons (Fsp3) is 0.267. The number of nitrogen functional groups attached to an aromatic ring is 1. The normalized spacial score (nSPS) is 11.4. The second-order valence-electron chi connectivity index (χ2n) is 4.60. The lowest BCUT2D eigenvalue weighted by atomic mass is 10.1. The summed E-state index contributed by atoms with van der Waals surface area (Å²) >= 11 is 0. The van der Waals surface area contributed by atoms with Crippen LogP contribution in [0.25, 0.3) is 0 Å². The highest BCUT2D eigenvalue weighted by Gasteiger charge is 2.33. The Labute approximate surface area is 120 Å². The molecule has 2 aromatic rings. The Balaban J connectivity index is 2.22. The third-order valence-corrected chi connectivity index (χ3v) is 2.88. The molecule has 3 nitrogen and oxygen atoms in total. The number of halogens is 3. The lowest BCUT2D eigenvalue weighted by Gasteiger charge is -2.11. The molecule has 0 saturated carbocycles. The number of hydrogen-bond donors (Lipinski definition) is 1. The Hall–Kier alpha value is -2.24.